The van der Waals surface area contributed by atoms with Crippen molar-refractivity contribution in [2.75, 3.05) is 13.7 Å². The molecule has 0 amide bonds. The normalized spacial score (nSPS) is 25.1. The summed E-state index contributed by atoms with van der Waals surface area (Å²) in [6.45, 7) is 0.637. The predicted octanol–water partition coefficient (Wildman–Crippen LogP) is 1.57. The van der Waals surface area contributed by atoms with E-state index in [9.17, 15) is 5.11 Å². The lowest BCUT2D eigenvalue weighted by Crippen LogP contribution is -2.38. The van der Waals surface area contributed by atoms with Crippen LogP contribution in [0.2, 0.25) is 0 Å². The predicted molar refractivity (Wildman–Crippen MR) is 58.6 cm³/mol. The lowest BCUT2D eigenvalue weighted by Gasteiger charge is -2.28. The Kier molecular flexibility index (Phi) is 3.64. The van der Waals surface area contributed by atoms with Crippen molar-refractivity contribution in [2.24, 2.45) is 0 Å². The Hall–Kier alpha value is -1.26. The van der Waals surface area contributed by atoms with Gasteiger partial charge in [-0.25, -0.2) is 0 Å². The van der Waals surface area contributed by atoms with E-state index in [2.05, 4.69) is 0 Å². The molecule has 88 valence electrons. The zero-order valence-corrected chi connectivity index (χ0v) is 9.26. The highest BCUT2D eigenvalue weighted by Crippen LogP contribution is 2.22. The van der Waals surface area contributed by atoms with E-state index in [1.165, 1.54) is 0 Å². The Morgan fingerprint density at radius 2 is 1.94 bits per heavy atom. The summed E-state index contributed by atoms with van der Waals surface area (Å²) in [6, 6.07) is 7.21. The zero-order chi connectivity index (χ0) is 11.4. The van der Waals surface area contributed by atoms with Gasteiger partial charge in [0.25, 0.3) is 0 Å². The molecule has 1 saturated heterocycles. The summed E-state index contributed by atoms with van der Waals surface area (Å²) in [5.41, 5.74) is 0. The number of hydrogen-bond acceptors (Lipinski definition) is 4. The average molecular weight is 224 g/mol. The van der Waals surface area contributed by atoms with Gasteiger partial charge in [0.2, 0.25) is 6.29 Å². The summed E-state index contributed by atoms with van der Waals surface area (Å²) in [5.74, 6) is 1.45. The number of aliphatic hydroxyl groups excluding tert-OH is 1. The van der Waals surface area contributed by atoms with Crippen LogP contribution in [0.25, 0.3) is 0 Å². The molecule has 2 atom stereocenters. The van der Waals surface area contributed by atoms with E-state index in [1.54, 1.807) is 19.2 Å². The molecule has 0 bridgehead atoms. The molecule has 0 spiro atoms. The minimum Gasteiger partial charge on any atom is -0.497 e. The summed E-state index contributed by atoms with van der Waals surface area (Å²) in [4.78, 5) is 0. The zero-order valence-electron chi connectivity index (χ0n) is 9.26. The topological polar surface area (TPSA) is 47.9 Å². The van der Waals surface area contributed by atoms with Crippen LogP contribution in [0, 0.1) is 0 Å². The first kappa shape index (κ1) is 11.2. The molecule has 4 heteroatoms. The van der Waals surface area contributed by atoms with E-state index in [1.807, 2.05) is 12.1 Å². The number of ether oxygens (including phenoxy) is 3. The second-order valence-corrected chi connectivity index (χ2v) is 3.74. The maximum Gasteiger partial charge on any atom is 0.226 e. The van der Waals surface area contributed by atoms with Crippen molar-refractivity contribution in [3.63, 3.8) is 0 Å². The molecular weight excluding hydrogens is 208 g/mol. The van der Waals surface area contributed by atoms with Crippen LogP contribution in [0.4, 0.5) is 0 Å². The van der Waals surface area contributed by atoms with Gasteiger partial charge in [-0.3, -0.25) is 0 Å². The van der Waals surface area contributed by atoms with Gasteiger partial charge in [-0.1, -0.05) is 0 Å². The Balaban J connectivity index is 1.96. The molecule has 1 fully saturated rings. The fourth-order valence-corrected chi connectivity index (χ4v) is 1.64. The summed E-state index contributed by atoms with van der Waals surface area (Å²) < 4.78 is 15.9. The maximum absolute atomic E-state index is 9.66. The minimum absolute atomic E-state index is 0.546. The summed E-state index contributed by atoms with van der Waals surface area (Å²) in [7, 11) is 1.61. The first-order valence-electron chi connectivity index (χ1n) is 5.40. The molecule has 0 aliphatic carbocycles. The third-order valence-electron chi connectivity index (χ3n) is 2.55. The molecule has 1 aliphatic rings. The standard InChI is InChI=1S/C12H16O4/c1-14-9-4-6-10(7-5-9)16-12-11(13)3-2-8-15-12/h4-7,11-13H,2-3,8H2,1H3/t11-,12+/m1/s1. The molecule has 1 heterocycles. The van der Waals surface area contributed by atoms with Crippen molar-refractivity contribution in [1.82, 2.24) is 0 Å². The van der Waals surface area contributed by atoms with E-state index < -0.39 is 12.4 Å². The monoisotopic (exact) mass is 224 g/mol. The Labute approximate surface area is 94.8 Å². The van der Waals surface area contributed by atoms with Gasteiger partial charge in [0.15, 0.2) is 0 Å². The number of rotatable bonds is 3. The Morgan fingerprint density at radius 1 is 1.25 bits per heavy atom. The first-order valence-corrected chi connectivity index (χ1v) is 5.40. The number of methoxy groups -OCH3 is 1. The number of benzene rings is 1. The van der Waals surface area contributed by atoms with Gasteiger partial charge in [-0.15, -0.1) is 0 Å². The van der Waals surface area contributed by atoms with E-state index in [0.717, 1.165) is 18.6 Å². The van der Waals surface area contributed by atoms with Gasteiger partial charge in [-0.2, -0.15) is 0 Å². The third-order valence-corrected chi connectivity index (χ3v) is 2.55. The Bertz CT molecular complexity index is 322. The highest BCUT2D eigenvalue weighted by Gasteiger charge is 2.25. The fraction of sp³-hybridized carbons (Fsp3) is 0.500. The van der Waals surface area contributed by atoms with Crippen LogP contribution in [0.1, 0.15) is 12.8 Å². The largest absolute Gasteiger partial charge is 0.497 e. The van der Waals surface area contributed by atoms with Gasteiger partial charge < -0.3 is 19.3 Å². The van der Waals surface area contributed by atoms with E-state index in [-0.39, 0.29) is 0 Å². The molecule has 16 heavy (non-hydrogen) atoms. The van der Waals surface area contributed by atoms with Gasteiger partial charge in [0.05, 0.1) is 13.7 Å². The second kappa shape index (κ2) is 5.18. The second-order valence-electron chi connectivity index (χ2n) is 3.74. The quantitative estimate of drug-likeness (QED) is 0.846. The van der Waals surface area contributed by atoms with Crippen LogP contribution in [-0.4, -0.2) is 31.2 Å². The molecule has 1 aliphatic heterocycles. The molecule has 0 aromatic heterocycles. The number of aliphatic hydroxyl groups is 1. The minimum atomic E-state index is -0.554. The van der Waals surface area contributed by atoms with Crippen LogP contribution < -0.4 is 9.47 Å². The van der Waals surface area contributed by atoms with Crippen molar-refractivity contribution in [1.29, 1.82) is 0 Å². The summed E-state index contributed by atoms with van der Waals surface area (Å²) in [6.07, 6.45) is 0.503. The average Bonchev–Trinajstić information content (AvgIpc) is 2.33. The molecule has 1 aromatic rings. The first-order chi connectivity index (χ1) is 7.79. The van der Waals surface area contributed by atoms with Gasteiger partial charge in [-0.05, 0) is 37.1 Å². The van der Waals surface area contributed by atoms with Crippen LogP contribution >= 0.6 is 0 Å². The molecule has 1 aromatic carbocycles. The molecule has 4 nitrogen and oxygen atoms in total. The van der Waals surface area contributed by atoms with Crippen molar-refractivity contribution >= 4 is 0 Å². The van der Waals surface area contributed by atoms with Crippen LogP contribution in [0.3, 0.4) is 0 Å². The summed E-state index contributed by atoms with van der Waals surface area (Å²) in [5, 5.41) is 9.66. The molecule has 0 saturated carbocycles. The maximum atomic E-state index is 9.66. The third kappa shape index (κ3) is 2.65. The van der Waals surface area contributed by atoms with E-state index in [4.69, 9.17) is 14.2 Å². The highest BCUT2D eigenvalue weighted by atomic mass is 16.7. The number of hydrogen-bond donors (Lipinski definition) is 1. The van der Waals surface area contributed by atoms with E-state index in [0.29, 0.717) is 12.4 Å². The van der Waals surface area contributed by atoms with Crippen LogP contribution in [0.5, 0.6) is 11.5 Å². The van der Waals surface area contributed by atoms with Crippen LogP contribution in [-0.2, 0) is 4.74 Å². The molecule has 1 N–H and O–H groups in total. The van der Waals surface area contributed by atoms with Crippen molar-refractivity contribution < 1.29 is 19.3 Å². The Morgan fingerprint density at radius 3 is 2.56 bits per heavy atom. The van der Waals surface area contributed by atoms with E-state index >= 15 is 0 Å². The van der Waals surface area contributed by atoms with Gasteiger partial charge in [0, 0.05) is 0 Å². The van der Waals surface area contributed by atoms with Crippen molar-refractivity contribution in [3.8, 4) is 11.5 Å². The van der Waals surface area contributed by atoms with Crippen molar-refractivity contribution in [2.45, 2.75) is 25.2 Å². The van der Waals surface area contributed by atoms with Crippen molar-refractivity contribution in [3.05, 3.63) is 24.3 Å². The lowest BCUT2D eigenvalue weighted by molar-refractivity contribution is -0.170. The van der Waals surface area contributed by atoms with Gasteiger partial charge in [0.1, 0.15) is 17.6 Å². The van der Waals surface area contributed by atoms with Crippen LogP contribution in [0.15, 0.2) is 24.3 Å². The summed E-state index contributed by atoms with van der Waals surface area (Å²) >= 11 is 0. The molecule has 0 radical (unpaired) electrons. The SMILES string of the molecule is COc1ccc(O[C@@H]2OCCC[C@H]2O)cc1. The molecule has 2 rings (SSSR count). The fourth-order valence-electron chi connectivity index (χ4n) is 1.64. The lowest BCUT2D eigenvalue weighted by atomic mass is 10.1. The molecule has 0 unspecified atom stereocenters. The smallest absolute Gasteiger partial charge is 0.226 e. The molecular formula is C12H16O4. The highest BCUT2D eigenvalue weighted by molar-refractivity contribution is 5.31. The van der Waals surface area contributed by atoms with Gasteiger partial charge >= 0.3 is 0 Å².